The van der Waals surface area contributed by atoms with Crippen LogP contribution in [0.3, 0.4) is 0 Å². The van der Waals surface area contributed by atoms with Crippen molar-refractivity contribution in [1.29, 1.82) is 0 Å². The van der Waals surface area contributed by atoms with E-state index in [4.69, 9.17) is 9.16 Å². The van der Waals surface area contributed by atoms with Crippen LogP contribution in [-0.4, -0.2) is 27.8 Å². The minimum Gasteiger partial charge on any atom is -0.464 e. The standard InChI is InChI=1S/C24H27NO3Si/c1-24(2,29-28-17-20-15-10-16-21(25-20)23(26)27-3)22(18-11-6-4-7-12-18)19-13-8-5-9-14-19/h4-16,22H,17,29H2,1-3H3. The van der Waals surface area contributed by atoms with Crippen LogP contribution in [0.4, 0.5) is 0 Å². The minimum absolute atomic E-state index is 0.0112. The number of benzene rings is 2. The van der Waals surface area contributed by atoms with Gasteiger partial charge in [-0.05, 0) is 28.3 Å². The van der Waals surface area contributed by atoms with E-state index < -0.39 is 15.7 Å². The summed E-state index contributed by atoms with van der Waals surface area (Å²) in [6.45, 7) is 4.96. The molecule has 3 rings (SSSR count). The second-order valence-corrected chi connectivity index (χ2v) is 10.3. The Bertz CT molecular complexity index is 890. The number of esters is 1. The van der Waals surface area contributed by atoms with Gasteiger partial charge in [-0.2, -0.15) is 0 Å². The van der Waals surface area contributed by atoms with E-state index in [2.05, 4.69) is 67.4 Å². The van der Waals surface area contributed by atoms with Crippen molar-refractivity contribution in [3.63, 3.8) is 0 Å². The quantitative estimate of drug-likeness (QED) is 0.409. The molecule has 5 heteroatoms. The Labute approximate surface area is 174 Å². The largest absolute Gasteiger partial charge is 0.464 e. The molecule has 0 amide bonds. The van der Waals surface area contributed by atoms with Gasteiger partial charge in [-0.15, -0.1) is 0 Å². The fourth-order valence-corrected chi connectivity index (χ4v) is 5.14. The first-order chi connectivity index (χ1) is 14.0. The molecular weight excluding hydrogens is 378 g/mol. The number of nitrogens with zero attached hydrogens (tertiary/aromatic N) is 1. The van der Waals surface area contributed by atoms with E-state index in [1.807, 2.05) is 18.2 Å². The maximum Gasteiger partial charge on any atom is 0.356 e. The number of rotatable bonds is 8. The molecule has 0 aliphatic rings. The summed E-state index contributed by atoms with van der Waals surface area (Å²) in [5, 5.41) is -0.0112. The van der Waals surface area contributed by atoms with Gasteiger partial charge in [-0.25, -0.2) is 9.78 Å². The van der Waals surface area contributed by atoms with Gasteiger partial charge in [0.15, 0.2) is 9.76 Å². The summed E-state index contributed by atoms with van der Waals surface area (Å²) in [5.41, 5.74) is 3.64. The molecule has 0 unspecified atom stereocenters. The molecular formula is C24H27NO3Si. The maximum absolute atomic E-state index is 11.7. The molecule has 29 heavy (non-hydrogen) atoms. The summed E-state index contributed by atoms with van der Waals surface area (Å²) in [4.78, 5) is 16.0. The van der Waals surface area contributed by atoms with E-state index in [9.17, 15) is 4.79 Å². The predicted molar refractivity (Wildman–Crippen MR) is 118 cm³/mol. The normalized spacial score (nSPS) is 11.9. The van der Waals surface area contributed by atoms with Crippen molar-refractivity contribution in [2.24, 2.45) is 0 Å². The van der Waals surface area contributed by atoms with Crippen LogP contribution >= 0.6 is 0 Å². The van der Waals surface area contributed by atoms with Crippen molar-refractivity contribution < 1.29 is 14.0 Å². The van der Waals surface area contributed by atoms with Gasteiger partial charge in [0, 0.05) is 5.92 Å². The lowest BCUT2D eigenvalue weighted by Gasteiger charge is -2.34. The average molecular weight is 406 g/mol. The van der Waals surface area contributed by atoms with Crippen molar-refractivity contribution in [2.45, 2.75) is 31.4 Å². The highest BCUT2D eigenvalue weighted by molar-refractivity contribution is 6.32. The number of carbonyl (C=O) groups excluding carboxylic acids is 1. The Morgan fingerprint density at radius 1 is 0.931 bits per heavy atom. The van der Waals surface area contributed by atoms with Crippen LogP contribution in [0, 0.1) is 0 Å². The Hall–Kier alpha value is -2.76. The van der Waals surface area contributed by atoms with E-state index in [0.717, 1.165) is 5.69 Å². The average Bonchev–Trinajstić information content (AvgIpc) is 2.75. The Balaban J connectivity index is 1.75. The fraction of sp³-hybridized carbons (Fsp3) is 0.250. The summed E-state index contributed by atoms with van der Waals surface area (Å²) in [5.74, 6) is -0.177. The highest BCUT2D eigenvalue weighted by Gasteiger charge is 2.33. The lowest BCUT2D eigenvalue weighted by atomic mass is 9.82. The molecule has 1 heterocycles. The predicted octanol–water partition coefficient (Wildman–Crippen LogP) is 4.50. The molecule has 150 valence electrons. The van der Waals surface area contributed by atoms with Gasteiger partial charge in [0.1, 0.15) is 5.69 Å². The molecule has 4 nitrogen and oxygen atoms in total. The SMILES string of the molecule is COC(=O)c1cccc(CO[SiH2]C(C)(C)C(c2ccccc2)c2ccccc2)n1. The van der Waals surface area contributed by atoms with E-state index >= 15 is 0 Å². The van der Waals surface area contributed by atoms with Gasteiger partial charge in [-0.3, -0.25) is 0 Å². The van der Waals surface area contributed by atoms with E-state index in [0.29, 0.717) is 12.3 Å². The van der Waals surface area contributed by atoms with E-state index in [1.54, 1.807) is 12.1 Å². The topological polar surface area (TPSA) is 48.4 Å². The molecule has 0 bridgehead atoms. The number of hydrogen-bond donors (Lipinski definition) is 0. The molecule has 0 N–H and O–H groups in total. The number of ether oxygens (including phenoxy) is 1. The molecule has 2 aromatic carbocycles. The third-order valence-corrected chi connectivity index (χ3v) is 6.53. The summed E-state index contributed by atoms with van der Waals surface area (Å²) in [6, 6.07) is 26.5. The Kier molecular flexibility index (Phi) is 6.96. The van der Waals surface area contributed by atoms with Gasteiger partial charge in [0.2, 0.25) is 0 Å². The highest BCUT2D eigenvalue weighted by Crippen LogP contribution is 2.45. The fourth-order valence-electron chi connectivity index (χ4n) is 3.67. The summed E-state index contributed by atoms with van der Waals surface area (Å²) >= 11 is 0. The van der Waals surface area contributed by atoms with Crippen LogP contribution in [0.25, 0.3) is 0 Å². The molecule has 0 fully saturated rings. The molecule has 0 spiro atoms. The number of methoxy groups -OCH3 is 1. The smallest absolute Gasteiger partial charge is 0.356 e. The Morgan fingerprint density at radius 2 is 1.52 bits per heavy atom. The summed E-state index contributed by atoms with van der Waals surface area (Å²) in [6.07, 6.45) is 0. The van der Waals surface area contributed by atoms with Crippen LogP contribution in [0.15, 0.2) is 78.9 Å². The maximum atomic E-state index is 11.7. The van der Waals surface area contributed by atoms with Crippen molar-refractivity contribution >= 4 is 15.7 Å². The van der Waals surface area contributed by atoms with E-state index in [1.165, 1.54) is 18.2 Å². The van der Waals surface area contributed by atoms with Gasteiger partial charge >= 0.3 is 5.97 Å². The third kappa shape index (κ3) is 5.40. The van der Waals surface area contributed by atoms with E-state index in [-0.39, 0.29) is 11.0 Å². The number of carbonyl (C=O) groups is 1. The molecule has 0 saturated carbocycles. The lowest BCUT2D eigenvalue weighted by molar-refractivity contribution is 0.0593. The molecule has 0 saturated heterocycles. The van der Waals surface area contributed by atoms with Crippen molar-refractivity contribution in [3.8, 4) is 0 Å². The molecule has 0 aliphatic carbocycles. The van der Waals surface area contributed by atoms with Gasteiger partial charge in [-0.1, -0.05) is 80.6 Å². The zero-order valence-electron chi connectivity index (χ0n) is 17.2. The zero-order chi connectivity index (χ0) is 20.7. The molecule has 3 aromatic rings. The highest BCUT2D eigenvalue weighted by atomic mass is 28.2. The third-order valence-electron chi connectivity index (χ3n) is 4.97. The number of hydrogen-bond acceptors (Lipinski definition) is 4. The zero-order valence-corrected chi connectivity index (χ0v) is 18.6. The molecule has 0 aliphatic heterocycles. The van der Waals surface area contributed by atoms with Gasteiger partial charge in [0.05, 0.1) is 19.4 Å². The van der Waals surface area contributed by atoms with Crippen molar-refractivity contribution in [2.75, 3.05) is 7.11 Å². The second-order valence-electron chi connectivity index (χ2n) is 7.74. The van der Waals surface area contributed by atoms with Gasteiger partial charge < -0.3 is 9.16 Å². The van der Waals surface area contributed by atoms with Crippen LogP contribution in [0.5, 0.6) is 0 Å². The summed E-state index contributed by atoms with van der Waals surface area (Å²) in [7, 11) is 0.424. The number of pyridine rings is 1. The van der Waals surface area contributed by atoms with Crippen molar-refractivity contribution in [3.05, 3.63) is 101 Å². The van der Waals surface area contributed by atoms with Crippen LogP contribution < -0.4 is 0 Å². The Morgan fingerprint density at radius 3 is 2.07 bits per heavy atom. The number of aromatic nitrogens is 1. The van der Waals surface area contributed by atoms with Crippen LogP contribution in [0.2, 0.25) is 5.04 Å². The molecule has 1 aromatic heterocycles. The second kappa shape index (κ2) is 9.63. The minimum atomic E-state index is -0.933. The molecule has 0 radical (unpaired) electrons. The van der Waals surface area contributed by atoms with Gasteiger partial charge in [0.25, 0.3) is 0 Å². The first-order valence-electron chi connectivity index (χ1n) is 9.73. The van der Waals surface area contributed by atoms with Crippen molar-refractivity contribution in [1.82, 2.24) is 4.98 Å². The first-order valence-corrected chi connectivity index (χ1v) is 11.0. The summed E-state index contributed by atoms with van der Waals surface area (Å²) < 4.78 is 10.9. The molecule has 0 atom stereocenters. The monoisotopic (exact) mass is 405 g/mol. The van der Waals surface area contributed by atoms with Crippen LogP contribution in [-0.2, 0) is 15.8 Å². The lowest BCUT2D eigenvalue weighted by Crippen LogP contribution is -2.25. The first kappa shape index (κ1) is 21.0. The van der Waals surface area contributed by atoms with Crippen LogP contribution in [0.1, 0.15) is 47.1 Å².